The number of hydrogen-bond acceptors (Lipinski definition) is 6. The zero-order valence-electron chi connectivity index (χ0n) is 20.9. The molecule has 184 valence electrons. The smallest absolute Gasteiger partial charge is 0.408 e. The third-order valence-corrected chi connectivity index (χ3v) is 4.33. The summed E-state index contributed by atoms with van der Waals surface area (Å²) in [6, 6.07) is 0. The fraction of sp³-hybridized carbons (Fsp3) is 0.762. The molecule has 0 aliphatic heterocycles. The minimum atomic E-state index is -1.54. The Morgan fingerprint density at radius 2 is 0.812 bits per heavy atom. The topological polar surface area (TPSA) is 163 Å². The Morgan fingerprint density at radius 1 is 0.531 bits per heavy atom. The van der Waals surface area contributed by atoms with Gasteiger partial charge in [-0.05, 0) is 76.2 Å². The van der Waals surface area contributed by atoms with Gasteiger partial charge < -0.3 is 31.1 Å². The summed E-state index contributed by atoms with van der Waals surface area (Å²) in [6.45, 7) is 16.3. The zero-order valence-corrected chi connectivity index (χ0v) is 20.9. The highest BCUT2D eigenvalue weighted by atomic mass is 16.6. The number of alkyl carbamates (subject to hydrolysis) is 1. The van der Waals surface area contributed by atoms with E-state index >= 15 is 0 Å². The lowest BCUT2D eigenvalue weighted by Gasteiger charge is -2.35. The molecule has 0 aliphatic rings. The average Bonchev–Trinajstić information content (AvgIpc) is 2.50. The van der Waals surface area contributed by atoms with Crippen LogP contribution in [0.5, 0.6) is 0 Å². The van der Waals surface area contributed by atoms with Gasteiger partial charge in [0.15, 0.2) is 0 Å². The molecule has 0 atom stereocenters. The Balaban J connectivity index is 5.27. The number of carbonyl (C=O) groups is 5. The lowest BCUT2D eigenvalue weighted by molar-refractivity contribution is -0.147. The summed E-state index contributed by atoms with van der Waals surface area (Å²) in [4.78, 5) is 61.4. The van der Waals surface area contributed by atoms with E-state index in [-0.39, 0.29) is 0 Å². The van der Waals surface area contributed by atoms with Crippen molar-refractivity contribution in [3.05, 3.63) is 0 Å². The first-order valence-electron chi connectivity index (χ1n) is 10.2. The first-order chi connectivity index (χ1) is 13.9. The number of amides is 4. The molecular formula is C21H38N4O7. The van der Waals surface area contributed by atoms with Gasteiger partial charge in [-0.2, -0.15) is 0 Å². The van der Waals surface area contributed by atoms with E-state index in [0.717, 1.165) is 0 Å². The lowest BCUT2D eigenvalue weighted by atomic mass is 9.95. The van der Waals surface area contributed by atoms with Gasteiger partial charge in [0.1, 0.15) is 27.8 Å². The van der Waals surface area contributed by atoms with E-state index in [9.17, 15) is 29.1 Å². The van der Waals surface area contributed by atoms with Crippen LogP contribution in [0.2, 0.25) is 0 Å². The largest absolute Gasteiger partial charge is 0.480 e. The molecule has 0 aromatic heterocycles. The van der Waals surface area contributed by atoms with Crippen molar-refractivity contribution in [3.8, 4) is 0 Å². The van der Waals surface area contributed by atoms with E-state index < -0.39 is 57.5 Å². The molecule has 0 aromatic rings. The first-order valence-corrected chi connectivity index (χ1v) is 10.2. The van der Waals surface area contributed by atoms with Crippen molar-refractivity contribution in [3.63, 3.8) is 0 Å². The van der Waals surface area contributed by atoms with E-state index in [0.29, 0.717) is 0 Å². The molecule has 0 bridgehead atoms. The molecule has 0 heterocycles. The predicted molar refractivity (Wildman–Crippen MR) is 118 cm³/mol. The summed E-state index contributed by atoms with van der Waals surface area (Å²) in [5, 5.41) is 19.0. The summed E-state index contributed by atoms with van der Waals surface area (Å²) < 4.78 is 5.15. The third-order valence-electron chi connectivity index (χ3n) is 4.33. The molecule has 4 amide bonds. The number of rotatable bonds is 8. The summed E-state index contributed by atoms with van der Waals surface area (Å²) in [7, 11) is 0. The Bertz CT molecular complexity index is 778. The van der Waals surface area contributed by atoms with E-state index in [4.69, 9.17) is 4.74 Å². The van der Waals surface area contributed by atoms with E-state index in [1.54, 1.807) is 20.8 Å². The molecule has 32 heavy (non-hydrogen) atoms. The molecule has 0 unspecified atom stereocenters. The van der Waals surface area contributed by atoms with Gasteiger partial charge in [-0.1, -0.05) is 0 Å². The molecule has 5 N–H and O–H groups in total. The fourth-order valence-corrected chi connectivity index (χ4v) is 2.10. The maximum Gasteiger partial charge on any atom is 0.408 e. The normalized spacial score (nSPS) is 13.0. The molecule has 0 aromatic carbocycles. The van der Waals surface area contributed by atoms with Crippen LogP contribution >= 0.6 is 0 Å². The van der Waals surface area contributed by atoms with Crippen molar-refractivity contribution in [2.45, 2.75) is 104 Å². The van der Waals surface area contributed by atoms with Crippen LogP contribution in [-0.2, 0) is 23.9 Å². The second kappa shape index (κ2) is 9.33. The Labute approximate surface area is 189 Å². The Kier molecular flexibility index (Phi) is 8.50. The maximum absolute atomic E-state index is 12.8. The number of ether oxygens (including phenoxy) is 1. The highest BCUT2D eigenvalue weighted by molar-refractivity contribution is 5.99. The summed E-state index contributed by atoms with van der Waals surface area (Å²) in [5.41, 5.74) is -6.64. The second-order valence-corrected chi connectivity index (χ2v) is 10.8. The summed E-state index contributed by atoms with van der Waals surface area (Å²) in [5.74, 6) is -3.29. The van der Waals surface area contributed by atoms with Crippen LogP contribution < -0.4 is 21.3 Å². The number of carboxylic acids is 1. The van der Waals surface area contributed by atoms with Gasteiger partial charge in [-0.25, -0.2) is 9.59 Å². The number of carbonyl (C=O) groups excluding carboxylic acids is 4. The van der Waals surface area contributed by atoms with Crippen molar-refractivity contribution in [1.82, 2.24) is 21.3 Å². The molecule has 0 saturated heterocycles. The number of nitrogens with one attached hydrogen (secondary N) is 4. The predicted octanol–water partition coefficient (Wildman–Crippen LogP) is 1.06. The molecule has 11 nitrogen and oxygen atoms in total. The lowest BCUT2D eigenvalue weighted by Crippen LogP contribution is -2.67. The zero-order chi connectivity index (χ0) is 25.9. The van der Waals surface area contributed by atoms with Crippen LogP contribution in [0, 0.1) is 0 Å². The third kappa shape index (κ3) is 8.72. The van der Waals surface area contributed by atoms with Crippen molar-refractivity contribution in [2.24, 2.45) is 0 Å². The SMILES string of the molecule is CC(C)(C)OC(=O)NC(C)(C)C(=O)NC(C)(C)C(=O)NC(C)(C)C(=O)NC(C)(C)C(=O)O. The molecule has 0 aliphatic carbocycles. The van der Waals surface area contributed by atoms with Crippen LogP contribution in [0.25, 0.3) is 0 Å². The van der Waals surface area contributed by atoms with E-state index in [1.165, 1.54) is 55.4 Å². The van der Waals surface area contributed by atoms with Gasteiger partial charge in [-0.15, -0.1) is 0 Å². The van der Waals surface area contributed by atoms with Gasteiger partial charge >= 0.3 is 12.1 Å². The number of aliphatic carboxylic acids is 1. The van der Waals surface area contributed by atoms with Crippen molar-refractivity contribution in [1.29, 1.82) is 0 Å². The van der Waals surface area contributed by atoms with Gasteiger partial charge in [-0.3, -0.25) is 14.4 Å². The van der Waals surface area contributed by atoms with Crippen molar-refractivity contribution < 1.29 is 33.8 Å². The number of carboxylic acid groups (broad SMARTS) is 1. The first kappa shape index (κ1) is 29.1. The van der Waals surface area contributed by atoms with Crippen molar-refractivity contribution in [2.75, 3.05) is 0 Å². The van der Waals surface area contributed by atoms with Crippen LogP contribution in [0.4, 0.5) is 4.79 Å². The molecule has 0 spiro atoms. The fourth-order valence-electron chi connectivity index (χ4n) is 2.10. The van der Waals surface area contributed by atoms with Crippen LogP contribution in [-0.4, -0.2) is 62.6 Å². The second-order valence-electron chi connectivity index (χ2n) is 10.8. The number of hydrogen-bond donors (Lipinski definition) is 5. The minimum Gasteiger partial charge on any atom is -0.480 e. The standard InChI is InChI=1S/C21H38N4O7/c1-17(2,3)32-16(31)25-20(8,9)14(28)23-18(4,5)12(26)22-19(6,7)13(27)24-21(10,11)15(29)30/h1-11H3,(H,22,26)(H,23,28)(H,24,27)(H,25,31)(H,29,30). The minimum absolute atomic E-state index is 0.655. The summed E-state index contributed by atoms with van der Waals surface area (Å²) >= 11 is 0. The van der Waals surface area contributed by atoms with Crippen LogP contribution in [0.1, 0.15) is 76.2 Å². The maximum atomic E-state index is 12.8. The Morgan fingerprint density at radius 3 is 1.09 bits per heavy atom. The van der Waals surface area contributed by atoms with Gasteiger partial charge in [0.25, 0.3) is 0 Å². The average molecular weight is 459 g/mol. The molecule has 0 fully saturated rings. The Hall–Kier alpha value is -2.85. The molecule has 0 rings (SSSR count). The van der Waals surface area contributed by atoms with Gasteiger partial charge in [0.05, 0.1) is 0 Å². The highest BCUT2D eigenvalue weighted by Gasteiger charge is 2.42. The molecular weight excluding hydrogens is 420 g/mol. The summed E-state index contributed by atoms with van der Waals surface area (Å²) in [6.07, 6.45) is -0.793. The van der Waals surface area contributed by atoms with E-state index in [2.05, 4.69) is 21.3 Å². The van der Waals surface area contributed by atoms with Gasteiger partial charge in [0.2, 0.25) is 17.7 Å². The highest BCUT2D eigenvalue weighted by Crippen LogP contribution is 2.14. The van der Waals surface area contributed by atoms with Crippen molar-refractivity contribution >= 4 is 29.8 Å². The molecule has 0 radical (unpaired) electrons. The monoisotopic (exact) mass is 458 g/mol. The quantitative estimate of drug-likeness (QED) is 0.363. The van der Waals surface area contributed by atoms with Crippen LogP contribution in [0.3, 0.4) is 0 Å². The van der Waals surface area contributed by atoms with Gasteiger partial charge in [0, 0.05) is 0 Å². The van der Waals surface area contributed by atoms with Crippen LogP contribution in [0.15, 0.2) is 0 Å². The van der Waals surface area contributed by atoms with E-state index in [1.807, 2.05) is 0 Å². The molecule has 0 saturated carbocycles. The molecule has 11 heteroatoms.